The van der Waals surface area contributed by atoms with Crippen LogP contribution >= 0.6 is 0 Å². The monoisotopic (exact) mass is 289 g/mol. The molecule has 1 aromatic carbocycles. The molecule has 0 bridgehead atoms. The first-order chi connectivity index (χ1) is 10.2. The summed E-state index contributed by atoms with van der Waals surface area (Å²) in [7, 11) is 2.12. The Morgan fingerprint density at radius 3 is 2.81 bits per heavy atom. The van der Waals surface area contributed by atoms with E-state index in [-0.39, 0.29) is 12.4 Å². The number of nitrogens with zero attached hydrogens (tertiary/aromatic N) is 1. The van der Waals surface area contributed by atoms with Crippen LogP contribution in [0.25, 0.3) is 0 Å². The second-order valence-electron chi connectivity index (χ2n) is 5.94. The first kappa shape index (κ1) is 16.0. The predicted octanol–water partition coefficient (Wildman–Crippen LogP) is 3.18. The van der Waals surface area contributed by atoms with Gasteiger partial charge in [-0.15, -0.1) is 0 Å². The van der Waals surface area contributed by atoms with E-state index >= 15 is 0 Å². The number of aliphatic hydroxyl groups is 1. The van der Waals surface area contributed by atoms with Gasteiger partial charge in [-0.05, 0) is 43.5 Å². The minimum Gasteiger partial charge on any atom is -0.395 e. The molecular weight excluding hydrogens is 265 g/mol. The van der Waals surface area contributed by atoms with E-state index < -0.39 is 0 Å². The van der Waals surface area contributed by atoms with Crippen molar-refractivity contribution in [2.45, 2.75) is 38.6 Å². The maximum Gasteiger partial charge on any atom is 0.138 e. The van der Waals surface area contributed by atoms with Gasteiger partial charge >= 0.3 is 0 Å². The van der Waals surface area contributed by atoms with Crippen LogP contribution in [-0.2, 0) is 6.54 Å². The third-order valence-electron chi connectivity index (χ3n) is 3.99. The maximum absolute atomic E-state index is 13.7. The Bertz CT molecular complexity index is 512. The second kappa shape index (κ2) is 8.17. The molecule has 0 amide bonds. The van der Waals surface area contributed by atoms with Gasteiger partial charge in [-0.3, -0.25) is 0 Å². The molecule has 1 N–H and O–H groups in total. The van der Waals surface area contributed by atoms with Crippen LogP contribution < -0.4 is 0 Å². The Morgan fingerprint density at radius 2 is 2.10 bits per heavy atom. The molecule has 2 nitrogen and oxygen atoms in total. The number of hydrogen-bond donors (Lipinski definition) is 1. The molecular formula is C18H24FNO. The van der Waals surface area contributed by atoms with E-state index in [1.807, 2.05) is 12.1 Å². The van der Waals surface area contributed by atoms with Crippen molar-refractivity contribution in [1.29, 1.82) is 0 Å². The lowest BCUT2D eigenvalue weighted by atomic mass is 10.1. The molecule has 0 aliphatic heterocycles. The molecule has 1 saturated carbocycles. The molecule has 1 fully saturated rings. The van der Waals surface area contributed by atoms with Gasteiger partial charge in [0.15, 0.2) is 0 Å². The third-order valence-corrected chi connectivity index (χ3v) is 3.99. The Hall–Kier alpha value is -1.37. The average molecular weight is 289 g/mol. The van der Waals surface area contributed by atoms with Crippen LogP contribution in [0.1, 0.15) is 43.2 Å². The lowest BCUT2D eigenvalue weighted by Crippen LogP contribution is -2.24. The fraction of sp³-hybridized carbons (Fsp3) is 0.556. The first-order valence-electron chi connectivity index (χ1n) is 7.75. The van der Waals surface area contributed by atoms with Crippen LogP contribution in [0.4, 0.5) is 4.39 Å². The highest BCUT2D eigenvalue weighted by Gasteiger charge is 2.16. The van der Waals surface area contributed by atoms with Crippen molar-refractivity contribution in [1.82, 2.24) is 4.90 Å². The summed E-state index contributed by atoms with van der Waals surface area (Å²) in [6.07, 6.45) is 5.78. The summed E-state index contributed by atoms with van der Waals surface area (Å²) < 4.78 is 13.7. The van der Waals surface area contributed by atoms with Crippen molar-refractivity contribution in [3.05, 3.63) is 35.1 Å². The molecule has 0 aromatic heterocycles. The van der Waals surface area contributed by atoms with Gasteiger partial charge in [0.2, 0.25) is 0 Å². The summed E-state index contributed by atoms with van der Waals surface area (Å²) in [4.78, 5) is 2.31. The molecule has 114 valence electrons. The van der Waals surface area contributed by atoms with E-state index in [0.29, 0.717) is 12.0 Å². The van der Waals surface area contributed by atoms with E-state index in [4.69, 9.17) is 5.11 Å². The summed E-state index contributed by atoms with van der Waals surface area (Å²) in [5.74, 6) is 6.10. The zero-order valence-corrected chi connectivity index (χ0v) is 12.7. The van der Waals surface area contributed by atoms with Crippen molar-refractivity contribution >= 4 is 0 Å². The van der Waals surface area contributed by atoms with Gasteiger partial charge in [0.25, 0.3) is 0 Å². The minimum absolute atomic E-state index is 0.0123. The molecule has 1 aliphatic rings. The fourth-order valence-corrected chi connectivity index (χ4v) is 2.99. The molecule has 0 atom stereocenters. The molecule has 0 unspecified atom stereocenters. The van der Waals surface area contributed by atoms with Crippen LogP contribution in [-0.4, -0.2) is 30.2 Å². The number of benzene rings is 1. The van der Waals surface area contributed by atoms with Crippen LogP contribution in [0.3, 0.4) is 0 Å². The molecule has 0 radical (unpaired) electrons. The Balaban J connectivity index is 1.96. The largest absolute Gasteiger partial charge is 0.395 e. The third kappa shape index (κ3) is 5.15. The number of hydrogen-bond acceptors (Lipinski definition) is 2. The van der Waals surface area contributed by atoms with Gasteiger partial charge in [0.1, 0.15) is 5.82 Å². The zero-order valence-electron chi connectivity index (χ0n) is 12.7. The van der Waals surface area contributed by atoms with Crippen LogP contribution in [0.2, 0.25) is 0 Å². The molecule has 1 aliphatic carbocycles. The standard InChI is InChI=1S/C18H24FNO/c1-20(13-15-6-2-3-7-15)14-16-9-10-18(19)17(12-16)8-4-5-11-21/h9-10,12,15,21H,2-3,5-7,11,13-14H2,1H3. The van der Waals surface area contributed by atoms with Crippen molar-refractivity contribution in [2.75, 3.05) is 20.2 Å². The number of rotatable bonds is 5. The highest BCUT2D eigenvalue weighted by Crippen LogP contribution is 2.25. The highest BCUT2D eigenvalue weighted by molar-refractivity contribution is 5.38. The number of aliphatic hydroxyl groups excluding tert-OH is 1. The quantitative estimate of drug-likeness (QED) is 0.842. The van der Waals surface area contributed by atoms with Gasteiger partial charge < -0.3 is 10.0 Å². The lowest BCUT2D eigenvalue weighted by Gasteiger charge is -2.20. The van der Waals surface area contributed by atoms with Gasteiger partial charge in [-0.1, -0.05) is 30.7 Å². The molecule has 1 aromatic rings. The lowest BCUT2D eigenvalue weighted by molar-refractivity contribution is 0.271. The van der Waals surface area contributed by atoms with Crippen molar-refractivity contribution in [3.63, 3.8) is 0 Å². The Labute approximate surface area is 127 Å². The number of halogens is 1. The van der Waals surface area contributed by atoms with Crippen LogP contribution in [0, 0.1) is 23.6 Å². The minimum atomic E-state index is -0.289. The Kier molecular flexibility index (Phi) is 6.22. The van der Waals surface area contributed by atoms with Crippen molar-refractivity contribution < 1.29 is 9.50 Å². The molecule has 0 saturated heterocycles. The summed E-state index contributed by atoms with van der Waals surface area (Å²) in [6.45, 7) is 1.95. The molecule has 21 heavy (non-hydrogen) atoms. The van der Waals surface area contributed by atoms with Crippen LogP contribution in [0.15, 0.2) is 18.2 Å². The molecule has 0 heterocycles. The topological polar surface area (TPSA) is 23.5 Å². The highest BCUT2D eigenvalue weighted by atomic mass is 19.1. The van der Waals surface area contributed by atoms with Crippen LogP contribution in [0.5, 0.6) is 0 Å². The summed E-state index contributed by atoms with van der Waals surface area (Å²) >= 11 is 0. The van der Waals surface area contributed by atoms with Gasteiger partial charge in [0, 0.05) is 19.5 Å². The van der Waals surface area contributed by atoms with Gasteiger partial charge in [-0.2, -0.15) is 0 Å². The van der Waals surface area contributed by atoms with Crippen molar-refractivity contribution in [2.24, 2.45) is 5.92 Å². The van der Waals surface area contributed by atoms with E-state index in [1.165, 1.54) is 31.7 Å². The SMILES string of the molecule is CN(Cc1ccc(F)c(C#CCCO)c1)CC1CCCC1. The summed E-state index contributed by atoms with van der Waals surface area (Å²) in [5, 5.41) is 8.72. The molecule has 0 spiro atoms. The summed E-state index contributed by atoms with van der Waals surface area (Å²) in [6, 6.07) is 5.14. The smallest absolute Gasteiger partial charge is 0.138 e. The zero-order chi connectivity index (χ0) is 15.1. The fourth-order valence-electron chi connectivity index (χ4n) is 2.99. The molecule has 2 rings (SSSR count). The maximum atomic E-state index is 13.7. The van der Waals surface area contributed by atoms with E-state index in [2.05, 4.69) is 23.8 Å². The van der Waals surface area contributed by atoms with Gasteiger partial charge in [0.05, 0.1) is 12.2 Å². The van der Waals surface area contributed by atoms with E-state index in [0.717, 1.165) is 24.6 Å². The Morgan fingerprint density at radius 1 is 1.33 bits per heavy atom. The average Bonchev–Trinajstić information content (AvgIpc) is 2.95. The summed E-state index contributed by atoms with van der Waals surface area (Å²) in [5.41, 5.74) is 1.51. The molecule has 3 heteroatoms. The van der Waals surface area contributed by atoms with Gasteiger partial charge in [-0.25, -0.2) is 4.39 Å². The predicted molar refractivity (Wildman–Crippen MR) is 83.3 cm³/mol. The first-order valence-corrected chi connectivity index (χ1v) is 7.75. The van der Waals surface area contributed by atoms with Crippen molar-refractivity contribution in [3.8, 4) is 11.8 Å². The normalized spacial score (nSPS) is 15.2. The van der Waals surface area contributed by atoms with E-state index in [1.54, 1.807) is 0 Å². The second-order valence-corrected chi connectivity index (χ2v) is 5.94. The van der Waals surface area contributed by atoms with E-state index in [9.17, 15) is 4.39 Å².